The summed E-state index contributed by atoms with van der Waals surface area (Å²) >= 11 is 0. The molecule has 0 aromatic carbocycles. The van der Waals surface area contributed by atoms with E-state index in [1.165, 1.54) is 199 Å². The Bertz CT molecular complexity index is 1050. The SMILES string of the molecule is CCCCC/C=C\C/C=C\CCCCCCCCN(CCCCCCCCCCCOC(=O)CCCCCCCCCN(CCO)CCCCCCCCCCCC)CCP(=O)(O)O. The van der Waals surface area contributed by atoms with Crippen LogP contribution in [0.25, 0.3) is 0 Å². The molecule has 0 saturated carbocycles. The van der Waals surface area contributed by atoms with E-state index in [1.54, 1.807) is 0 Å². The standard InChI is InChI=1S/C55H109N2O6P/c1-3-5-7-9-11-13-15-16-17-18-19-20-23-29-36-42-48-57(51-54-64(60,61)62)49-43-37-30-24-21-25-32-38-44-53-63-55(59)45-39-33-27-26-31-35-41-47-56(50-52-58)46-40-34-28-22-14-12-10-8-6-4-2/h11,13,16-17,58H,3-10,12,14-15,18-54H2,1-2H3,(H2,60,61,62)/b13-11-,17-16-. The molecule has 0 atom stereocenters. The van der Waals surface area contributed by atoms with E-state index in [4.69, 9.17) is 4.74 Å². The van der Waals surface area contributed by atoms with Gasteiger partial charge in [0.05, 0.1) is 19.4 Å². The van der Waals surface area contributed by atoms with Crippen LogP contribution in [0.4, 0.5) is 0 Å². The van der Waals surface area contributed by atoms with E-state index in [2.05, 4.69) is 48.0 Å². The zero-order chi connectivity index (χ0) is 46.7. The van der Waals surface area contributed by atoms with Gasteiger partial charge in [0.15, 0.2) is 0 Å². The third-order valence-electron chi connectivity index (χ3n) is 12.9. The second kappa shape index (κ2) is 51.4. The van der Waals surface area contributed by atoms with Gasteiger partial charge in [0.25, 0.3) is 0 Å². The van der Waals surface area contributed by atoms with E-state index in [9.17, 15) is 24.3 Å². The molecule has 0 saturated heterocycles. The number of hydrogen-bond acceptors (Lipinski definition) is 6. The maximum Gasteiger partial charge on any atom is 0.326 e. The number of nitrogens with zero attached hydrogens (tertiary/aromatic N) is 2. The van der Waals surface area contributed by atoms with Crippen LogP contribution in [0.5, 0.6) is 0 Å². The van der Waals surface area contributed by atoms with Crippen LogP contribution in [0.15, 0.2) is 24.3 Å². The van der Waals surface area contributed by atoms with E-state index in [0.717, 1.165) is 77.7 Å². The van der Waals surface area contributed by atoms with Crippen molar-refractivity contribution < 1.29 is 29.0 Å². The number of aliphatic hydroxyl groups excluding tert-OH is 1. The molecule has 0 heterocycles. The second-order valence-corrected chi connectivity index (χ2v) is 21.0. The lowest BCUT2D eigenvalue weighted by Gasteiger charge is -2.22. The van der Waals surface area contributed by atoms with Crippen LogP contribution >= 0.6 is 7.60 Å². The van der Waals surface area contributed by atoms with Gasteiger partial charge >= 0.3 is 13.6 Å². The van der Waals surface area contributed by atoms with Crippen molar-refractivity contribution in [2.75, 3.05) is 58.6 Å². The highest BCUT2D eigenvalue weighted by molar-refractivity contribution is 7.51. The number of ether oxygens (including phenoxy) is 1. The Labute approximate surface area is 398 Å². The number of esters is 1. The molecule has 0 aliphatic rings. The molecular formula is C55H109N2O6P. The van der Waals surface area contributed by atoms with Crippen molar-refractivity contribution in [2.24, 2.45) is 0 Å². The Morgan fingerprint density at radius 2 is 0.781 bits per heavy atom. The average molecular weight is 925 g/mol. The topological polar surface area (TPSA) is 111 Å². The Morgan fingerprint density at radius 1 is 0.438 bits per heavy atom. The number of aliphatic hydroxyl groups is 1. The molecule has 64 heavy (non-hydrogen) atoms. The molecule has 0 aliphatic carbocycles. The molecular weight excluding hydrogens is 816 g/mol. The van der Waals surface area contributed by atoms with E-state index < -0.39 is 7.60 Å². The Morgan fingerprint density at radius 3 is 1.20 bits per heavy atom. The fourth-order valence-electron chi connectivity index (χ4n) is 8.65. The van der Waals surface area contributed by atoms with Crippen molar-refractivity contribution in [1.82, 2.24) is 9.80 Å². The van der Waals surface area contributed by atoms with Crippen molar-refractivity contribution in [1.29, 1.82) is 0 Å². The molecule has 0 radical (unpaired) electrons. The van der Waals surface area contributed by atoms with Crippen LogP contribution in [-0.4, -0.2) is 89.3 Å². The number of carbonyl (C=O) groups excluding carboxylic acids is 1. The first-order valence-electron chi connectivity index (χ1n) is 27.9. The molecule has 0 amide bonds. The molecule has 9 heteroatoms. The van der Waals surface area contributed by atoms with Crippen LogP contribution in [0.1, 0.15) is 264 Å². The summed E-state index contributed by atoms with van der Waals surface area (Å²) in [7, 11) is -3.97. The van der Waals surface area contributed by atoms with Gasteiger partial charge in [-0.1, -0.05) is 212 Å². The predicted molar refractivity (Wildman–Crippen MR) is 278 cm³/mol. The molecule has 380 valence electrons. The Hall–Kier alpha value is -1.02. The highest BCUT2D eigenvalue weighted by Crippen LogP contribution is 2.33. The maximum atomic E-state index is 12.2. The lowest BCUT2D eigenvalue weighted by molar-refractivity contribution is -0.143. The summed E-state index contributed by atoms with van der Waals surface area (Å²) in [6, 6.07) is 0. The zero-order valence-corrected chi connectivity index (χ0v) is 43.6. The van der Waals surface area contributed by atoms with Gasteiger partial charge in [-0.25, -0.2) is 0 Å². The minimum Gasteiger partial charge on any atom is -0.466 e. The van der Waals surface area contributed by atoms with E-state index in [-0.39, 0.29) is 18.7 Å². The lowest BCUT2D eigenvalue weighted by atomic mass is 10.1. The van der Waals surface area contributed by atoms with Crippen LogP contribution in [0, 0.1) is 0 Å². The first-order valence-corrected chi connectivity index (χ1v) is 29.7. The number of allylic oxidation sites excluding steroid dienone is 4. The fourth-order valence-corrected chi connectivity index (χ4v) is 9.20. The predicted octanol–water partition coefficient (Wildman–Crippen LogP) is 15.7. The molecule has 0 bridgehead atoms. The molecule has 3 N–H and O–H groups in total. The van der Waals surface area contributed by atoms with E-state index in [0.29, 0.717) is 19.6 Å². The Balaban J connectivity index is 3.71. The first kappa shape index (κ1) is 63.0. The molecule has 0 unspecified atom stereocenters. The van der Waals surface area contributed by atoms with Gasteiger partial charge in [-0.2, -0.15) is 0 Å². The third kappa shape index (κ3) is 52.0. The van der Waals surface area contributed by atoms with Gasteiger partial charge in [-0.3, -0.25) is 9.36 Å². The van der Waals surface area contributed by atoms with Gasteiger partial charge in [-0.05, 0) is 96.8 Å². The maximum absolute atomic E-state index is 12.2. The third-order valence-corrected chi connectivity index (χ3v) is 13.6. The highest BCUT2D eigenvalue weighted by atomic mass is 31.2. The zero-order valence-electron chi connectivity index (χ0n) is 42.7. The summed E-state index contributed by atoms with van der Waals surface area (Å²) in [5.41, 5.74) is 0. The van der Waals surface area contributed by atoms with Crippen molar-refractivity contribution in [3.63, 3.8) is 0 Å². The quantitative estimate of drug-likeness (QED) is 0.0239. The minimum absolute atomic E-state index is 0.0341. The molecule has 0 aromatic heterocycles. The van der Waals surface area contributed by atoms with E-state index >= 15 is 0 Å². The van der Waals surface area contributed by atoms with Crippen molar-refractivity contribution >= 4 is 13.6 Å². The largest absolute Gasteiger partial charge is 0.466 e. The van der Waals surface area contributed by atoms with Crippen molar-refractivity contribution in [3.8, 4) is 0 Å². The van der Waals surface area contributed by atoms with Crippen LogP contribution < -0.4 is 0 Å². The highest BCUT2D eigenvalue weighted by Gasteiger charge is 2.15. The van der Waals surface area contributed by atoms with Crippen LogP contribution in [0.3, 0.4) is 0 Å². The van der Waals surface area contributed by atoms with Crippen molar-refractivity contribution in [3.05, 3.63) is 24.3 Å². The summed E-state index contributed by atoms with van der Waals surface area (Å²) in [6.07, 6.45) is 56.9. The van der Waals surface area contributed by atoms with Gasteiger partial charge < -0.3 is 29.4 Å². The molecule has 0 aliphatic heterocycles. The van der Waals surface area contributed by atoms with Gasteiger partial charge in [0.2, 0.25) is 0 Å². The first-order chi connectivity index (χ1) is 31.3. The average Bonchev–Trinajstić information content (AvgIpc) is 3.27. The summed E-state index contributed by atoms with van der Waals surface area (Å²) in [5.74, 6) is -0.0341. The molecule has 0 aromatic rings. The summed E-state index contributed by atoms with van der Waals surface area (Å²) in [4.78, 5) is 35.8. The molecule has 0 rings (SSSR count). The minimum atomic E-state index is -3.97. The summed E-state index contributed by atoms with van der Waals surface area (Å²) in [6.45, 7) is 10.8. The smallest absolute Gasteiger partial charge is 0.326 e. The Kier molecular flexibility index (Phi) is 50.6. The number of carbonyl (C=O) groups is 1. The van der Waals surface area contributed by atoms with Crippen molar-refractivity contribution in [2.45, 2.75) is 264 Å². The van der Waals surface area contributed by atoms with Crippen LogP contribution in [-0.2, 0) is 14.1 Å². The van der Waals surface area contributed by atoms with E-state index in [1.807, 2.05) is 0 Å². The number of hydrogen-bond donors (Lipinski definition) is 3. The summed E-state index contributed by atoms with van der Waals surface area (Å²) < 4.78 is 17.1. The fraction of sp³-hybridized carbons (Fsp3) is 0.909. The molecule has 0 spiro atoms. The van der Waals surface area contributed by atoms with Gasteiger partial charge in [0.1, 0.15) is 0 Å². The lowest BCUT2D eigenvalue weighted by Crippen LogP contribution is -2.29. The monoisotopic (exact) mass is 925 g/mol. The molecule has 0 fully saturated rings. The normalized spacial score (nSPS) is 12.3. The van der Waals surface area contributed by atoms with Gasteiger partial charge in [-0.15, -0.1) is 0 Å². The second-order valence-electron chi connectivity index (χ2n) is 19.2. The number of unbranched alkanes of at least 4 members (excludes halogenated alkanes) is 32. The summed E-state index contributed by atoms with van der Waals surface area (Å²) in [5, 5.41) is 9.49. The van der Waals surface area contributed by atoms with Crippen LogP contribution in [0.2, 0.25) is 0 Å². The molecule has 8 nitrogen and oxygen atoms in total. The van der Waals surface area contributed by atoms with Gasteiger partial charge in [0, 0.05) is 19.5 Å². The number of rotatable bonds is 53.